The summed E-state index contributed by atoms with van der Waals surface area (Å²) in [5.74, 6) is -0.410. The van der Waals surface area contributed by atoms with Gasteiger partial charge in [0.15, 0.2) is 0 Å². The molecule has 2 aromatic rings. The van der Waals surface area contributed by atoms with Crippen molar-refractivity contribution in [1.29, 1.82) is 0 Å². The summed E-state index contributed by atoms with van der Waals surface area (Å²) in [5.41, 5.74) is 4.12. The molecule has 0 bridgehead atoms. The fourth-order valence-electron chi connectivity index (χ4n) is 3.49. The van der Waals surface area contributed by atoms with Crippen molar-refractivity contribution in [2.75, 3.05) is 16.8 Å². The first-order valence-electron chi connectivity index (χ1n) is 9.59. The number of carbonyl (C=O) groups is 2. The van der Waals surface area contributed by atoms with Crippen molar-refractivity contribution in [3.8, 4) is 0 Å². The first-order chi connectivity index (χ1) is 12.8. The lowest BCUT2D eigenvalue weighted by Gasteiger charge is -2.20. The highest BCUT2D eigenvalue weighted by atomic mass is 16.2. The van der Waals surface area contributed by atoms with Crippen molar-refractivity contribution in [3.05, 3.63) is 59.7 Å². The zero-order valence-corrected chi connectivity index (χ0v) is 16.6. The molecular formula is C23H28N2O2. The average molecular weight is 364 g/mol. The van der Waals surface area contributed by atoms with Gasteiger partial charge < -0.3 is 10.2 Å². The number of nitrogens with one attached hydrogen (secondary N) is 1. The predicted molar refractivity (Wildman–Crippen MR) is 110 cm³/mol. The predicted octanol–water partition coefficient (Wildman–Crippen LogP) is 4.54. The summed E-state index contributed by atoms with van der Waals surface area (Å²) in [6.45, 7) is 8.99. The van der Waals surface area contributed by atoms with Crippen molar-refractivity contribution < 1.29 is 9.59 Å². The number of para-hydroxylation sites is 1. The van der Waals surface area contributed by atoms with Crippen LogP contribution in [0.4, 0.5) is 11.4 Å². The van der Waals surface area contributed by atoms with Crippen LogP contribution in [0.3, 0.4) is 0 Å². The lowest BCUT2D eigenvalue weighted by molar-refractivity contribution is -0.122. The number of amides is 2. The van der Waals surface area contributed by atoms with Gasteiger partial charge in [0.25, 0.3) is 0 Å². The fraction of sp³-hybridized carbons (Fsp3) is 0.391. The molecule has 0 aromatic heterocycles. The van der Waals surface area contributed by atoms with Gasteiger partial charge in [-0.25, -0.2) is 0 Å². The minimum Gasteiger partial charge on any atom is -0.326 e. The van der Waals surface area contributed by atoms with Crippen molar-refractivity contribution in [1.82, 2.24) is 0 Å². The molecule has 1 atom stereocenters. The quantitative estimate of drug-likeness (QED) is 0.866. The Labute approximate surface area is 161 Å². The van der Waals surface area contributed by atoms with Crippen LogP contribution in [0.2, 0.25) is 0 Å². The molecule has 0 aliphatic carbocycles. The third kappa shape index (κ3) is 4.21. The molecule has 3 rings (SSSR count). The number of hydrogen-bond acceptors (Lipinski definition) is 2. The van der Waals surface area contributed by atoms with Crippen LogP contribution in [0.5, 0.6) is 0 Å². The van der Waals surface area contributed by atoms with E-state index < -0.39 is 0 Å². The maximum absolute atomic E-state index is 12.7. The molecule has 1 aliphatic heterocycles. The highest BCUT2D eigenvalue weighted by molar-refractivity contribution is 6.03. The number of aryl methyl sites for hydroxylation is 1. The third-order valence-corrected chi connectivity index (χ3v) is 5.18. The molecule has 4 nitrogen and oxygen atoms in total. The lowest BCUT2D eigenvalue weighted by Crippen LogP contribution is -2.28. The second-order valence-corrected chi connectivity index (χ2v) is 8.20. The molecule has 0 spiro atoms. The van der Waals surface area contributed by atoms with E-state index in [0.717, 1.165) is 23.4 Å². The molecule has 142 valence electrons. The Morgan fingerprint density at radius 2 is 1.78 bits per heavy atom. The van der Waals surface area contributed by atoms with Gasteiger partial charge in [-0.1, -0.05) is 58.0 Å². The number of carbonyl (C=O) groups excluding carboxylic acids is 2. The van der Waals surface area contributed by atoms with Crippen LogP contribution in [-0.2, 0) is 21.4 Å². The number of rotatable bonds is 4. The highest BCUT2D eigenvalue weighted by Gasteiger charge is 2.35. The van der Waals surface area contributed by atoms with Gasteiger partial charge in [0.1, 0.15) is 0 Å². The Morgan fingerprint density at radius 1 is 1.11 bits per heavy atom. The van der Waals surface area contributed by atoms with Crippen LogP contribution in [-0.4, -0.2) is 18.4 Å². The Bertz CT molecular complexity index is 834. The van der Waals surface area contributed by atoms with Crippen LogP contribution in [0.25, 0.3) is 0 Å². The fourth-order valence-corrected chi connectivity index (χ4v) is 3.49. The van der Waals surface area contributed by atoms with Gasteiger partial charge in [-0.3, -0.25) is 9.59 Å². The topological polar surface area (TPSA) is 49.4 Å². The zero-order valence-electron chi connectivity index (χ0n) is 16.6. The van der Waals surface area contributed by atoms with E-state index in [1.54, 1.807) is 4.90 Å². The number of benzene rings is 2. The Morgan fingerprint density at radius 3 is 2.41 bits per heavy atom. The summed E-state index contributed by atoms with van der Waals surface area (Å²) in [6, 6.07) is 15.9. The smallest absolute Gasteiger partial charge is 0.229 e. The third-order valence-electron chi connectivity index (χ3n) is 5.18. The van der Waals surface area contributed by atoms with Gasteiger partial charge in [-0.2, -0.15) is 0 Å². The maximum Gasteiger partial charge on any atom is 0.229 e. The second-order valence-electron chi connectivity index (χ2n) is 8.20. The monoisotopic (exact) mass is 364 g/mol. The molecular weight excluding hydrogens is 336 g/mol. The van der Waals surface area contributed by atoms with Crippen LogP contribution in [0, 0.1) is 5.92 Å². The summed E-state index contributed by atoms with van der Waals surface area (Å²) < 4.78 is 0. The van der Waals surface area contributed by atoms with E-state index in [1.807, 2.05) is 48.5 Å². The van der Waals surface area contributed by atoms with E-state index in [-0.39, 0.29) is 29.6 Å². The minimum absolute atomic E-state index is 0.0131. The normalized spacial score (nSPS) is 17.3. The molecule has 0 saturated carbocycles. The molecule has 2 amide bonds. The molecule has 1 heterocycles. The molecule has 1 saturated heterocycles. The van der Waals surface area contributed by atoms with Crippen molar-refractivity contribution in [2.24, 2.45) is 5.92 Å². The van der Waals surface area contributed by atoms with Crippen LogP contribution < -0.4 is 10.2 Å². The molecule has 1 unspecified atom stereocenters. The standard InChI is InChI=1S/C23H28N2O2/c1-5-16-8-6-7-9-20(16)25-15-17(14-21(25)26)22(27)24-19-12-10-18(11-13-19)23(2,3)4/h6-13,17H,5,14-15H2,1-4H3,(H,24,27). The summed E-state index contributed by atoms with van der Waals surface area (Å²) in [6.07, 6.45) is 1.11. The molecule has 4 heteroatoms. The first kappa shape index (κ1) is 19.2. The summed E-state index contributed by atoms with van der Waals surface area (Å²) in [5, 5.41) is 2.97. The molecule has 0 radical (unpaired) electrons. The Balaban J connectivity index is 1.69. The lowest BCUT2D eigenvalue weighted by atomic mass is 9.87. The Kier molecular flexibility index (Phi) is 5.36. The van der Waals surface area contributed by atoms with E-state index in [2.05, 4.69) is 33.0 Å². The zero-order chi connectivity index (χ0) is 19.6. The van der Waals surface area contributed by atoms with Crippen molar-refractivity contribution in [3.63, 3.8) is 0 Å². The highest BCUT2D eigenvalue weighted by Crippen LogP contribution is 2.29. The second kappa shape index (κ2) is 7.55. The first-order valence-corrected chi connectivity index (χ1v) is 9.59. The van der Waals surface area contributed by atoms with Gasteiger partial charge in [0.05, 0.1) is 5.92 Å². The minimum atomic E-state index is -0.329. The molecule has 1 N–H and O–H groups in total. The Hall–Kier alpha value is -2.62. The molecule has 2 aromatic carbocycles. The summed E-state index contributed by atoms with van der Waals surface area (Å²) in [7, 11) is 0. The van der Waals surface area contributed by atoms with Crippen LogP contribution in [0.15, 0.2) is 48.5 Å². The summed E-state index contributed by atoms with van der Waals surface area (Å²) >= 11 is 0. The summed E-state index contributed by atoms with van der Waals surface area (Å²) in [4.78, 5) is 27.0. The van der Waals surface area contributed by atoms with Gasteiger partial charge in [-0.05, 0) is 41.2 Å². The van der Waals surface area contributed by atoms with Gasteiger partial charge in [0.2, 0.25) is 11.8 Å². The van der Waals surface area contributed by atoms with Gasteiger partial charge in [0, 0.05) is 24.3 Å². The SMILES string of the molecule is CCc1ccccc1N1CC(C(=O)Nc2ccc(C(C)(C)C)cc2)CC1=O. The molecule has 1 fully saturated rings. The molecule has 27 heavy (non-hydrogen) atoms. The maximum atomic E-state index is 12.7. The largest absolute Gasteiger partial charge is 0.326 e. The van der Waals surface area contributed by atoms with Crippen LogP contribution >= 0.6 is 0 Å². The molecule has 1 aliphatic rings. The average Bonchev–Trinajstić information content (AvgIpc) is 3.03. The van der Waals surface area contributed by atoms with E-state index in [4.69, 9.17) is 0 Å². The van der Waals surface area contributed by atoms with E-state index in [0.29, 0.717) is 6.54 Å². The van der Waals surface area contributed by atoms with Crippen molar-refractivity contribution in [2.45, 2.75) is 46.0 Å². The van der Waals surface area contributed by atoms with E-state index in [9.17, 15) is 9.59 Å². The van der Waals surface area contributed by atoms with Gasteiger partial charge >= 0.3 is 0 Å². The number of hydrogen-bond donors (Lipinski definition) is 1. The number of anilines is 2. The van der Waals surface area contributed by atoms with Crippen molar-refractivity contribution >= 4 is 23.2 Å². The number of nitrogens with zero attached hydrogens (tertiary/aromatic N) is 1. The van der Waals surface area contributed by atoms with Gasteiger partial charge in [-0.15, -0.1) is 0 Å². The van der Waals surface area contributed by atoms with Crippen LogP contribution in [0.1, 0.15) is 45.2 Å². The van der Waals surface area contributed by atoms with E-state index in [1.165, 1.54) is 5.56 Å². The van der Waals surface area contributed by atoms with E-state index >= 15 is 0 Å².